The third-order valence-corrected chi connectivity index (χ3v) is 5.35. The summed E-state index contributed by atoms with van der Waals surface area (Å²) in [6.07, 6.45) is 2.96. The Balaban J connectivity index is 1.50. The largest absolute Gasteiger partial charge is 0.496 e. The first-order valence-corrected chi connectivity index (χ1v) is 10.3. The molecule has 1 amide bonds. The number of anilines is 1. The minimum Gasteiger partial charge on any atom is -0.496 e. The number of aryl methyl sites for hydroxylation is 2. The Morgan fingerprint density at radius 2 is 1.84 bits per heavy atom. The summed E-state index contributed by atoms with van der Waals surface area (Å²) >= 11 is 0. The maximum atomic E-state index is 12.5. The molecule has 2 aromatic carbocycles. The predicted molar refractivity (Wildman–Crippen MR) is 126 cm³/mol. The zero-order valence-electron chi connectivity index (χ0n) is 18.6. The summed E-state index contributed by atoms with van der Waals surface area (Å²) in [7, 11) is 1.62. The van der Waals surface area contributed by atoms with E-state index in [1.807, 2.05) is 57.2 Å². The van der Waals surface area contributed by atoms with Gasteiger partial charge in [-0.2, -0.15) is 0 Å². The lowest BCUT2D eigenvalue weighted by molar-refractivity contribution is 0.153. The zero-order valence-corrected chi connectivity index (χ0v) is 18.6. The minimum absolute atomic E-state index is 0.0602. The van der Waals surface area contributed by atoms with Crippen LogP contribution in [0.15, 0.2) is 60.9 Å². The highest BCUT2D eigenvalue weighted by Gasteiger charge is 2.12. The molecule has 0 saturated carbocycles. The van der Waals surface area contributed by atoms with Gasteiger partial charge in [0.1, 0.15) is 12.4 Å². The van der Waals surface area contributed by atoms with Crippen LogP contribution in [0.4, 0.5) is 10.5 Å². The SMILES string of the molecule is COc1c(C)cnc(COC(=O)Nc2cc(C)cc(-c3ccc4ncccc4c3)c2)c1C. The fourth-order valence-electron chi connectivity index (χ4n) is 3.78. The van der Waals surface area contributed by atoms with Crippen molar-refractivity contribution >= 4 is 22.7 Å². The number of ether oxygens (including phenoxy) is 2. The number of hydrogen-bond acceptors (Lipinski definition) is 5. The molecular formula is C26H25N3O3. The Morgan fingerprint density at radius 1 is 1.00 bits per heavy atom. The monoisotopic (exact) mass is 427 g/mol. The van der Waals surface area contributed by atoms with Gasteiger partial charge in [-0.25, -0.2) is 4.79 Å². The molecule has 0 radical (unpaired) electrons. The van der Waals surface area contributed by atoms with Crippen molar-refractivity contribution in [3.8, 4) is 16.9 Å². The fourth-order valence-corrected chi connectivity index (χ4v) is 3.78. The van der Waals surface area contributed by atoms with Gasteiger partial charge in [-0.1, -0.05) is 18.2 Å². The van der Waals surface area contributed by atoms with Crippen molar-refractivity contribution in [1.29, 1.82) is 0 Å². The lowest BCUT2D eigenvalue weighted by Crippen LogP contribution is -2.15. The molecule has 2 aromatic heterocycles. The highest BCUT2D eigenvalue weighted by Crippen LogP contribution is 2.28. The third-order valence-electron chi connectivity index (χ3n) is 5.35. The number of benzene rings is 2. The Bertz CT molecular complexity index is 1300. The Labute approximate surface area is 187 Å². The summed E-state index contributed by atoms with van der Waals surface area (Å²) in [6, 6.07) is 16.0. The number of rotatable bonds is 5. The molecule has 0 bridgehead atoms. The molecule has 2 heterocycles. The molecule has 0 aliphatic heterocycles. The average Bonchev–Trinajstić information content (AvgIpc) is 2.78. The van der Waals surface area contributed by atoms with Crippen LogP contribution in [0.3, 0.4) is 0 Å². The van der Waals surface area contributed by atoms with Gasteiger partial charge in [-0.3, -0.25) is 15.3 Å². The van der Waals surface area contributed by atoms with Crippen LogP contribution in [-0.2, 0) is 11.3 Å². The second-order valence-electron chi connectivity index (χ2n) is 7.75. The van der Waals surface area contributed by atoms with Gasteiger partial charge in [-0.15, -0.1) is 0 Å². The van der Waals surface area contributed by atoms with Gasteiger partial charge >= 0.3 is 6.09 Å². The van der Waals surface area contributed by atoms with Crippen molar-refractivity contribution in [1.82, 2.24) is 9.97 Å². The zero-order chi connectivity index (χ0) is 22.7. The normalized spacial score (nSPS) is 10.8. The average molecular weight is 428 g/mol. The van der Waals surface area contributed by atoms with Crippen LogP contribution in [0.5, 0.6) is 5.75 Å². The summed E-state index contributed by atoms with van der Waals surface area (Å²) in [4.78, 5) is 21.2. The van der Waals surface area contributed by atoms with Crippen LogP contribution in [0, 0.1) is 20.8 Å². The molecule has 0 aliphatic rings. The number of pyridine rings is 2. The number of fused-ring (bicyclic) bond motifs is 1. The van der Waals surface area contributed by atoms with Gasteiger partial charge in [0.15, 0.2) is 0 Å². The molecule has 4 rings (SSSR count). The van der Waals surface area contributed by atoms with E-state index in [0.29, 0.717) is 11.4 Å². The number of nitrogens with zero attached hydrogens (tertiary/aromatic N) is 2. The van der Waals surface area contributed by atoms with Gasteiger partial charge in [-0.05, 0) is 67.8 Å². The van der Waals surface area contributed by atoms with E-state index in [-0.39, 0.29) is 6.61 Å². The van der Waals surface area contributed by atoms with Crippen molar-refractivity contribution in [3.05, 3.63) is 83.3 Å². The molecule has 0 unspecified atom stereocenters. The van der Waals surface area contributed by atoms with Gasteiger partial charge in [0.2, 0.25) is 0 Å². The maximum Gasteiger partial charge on any atom is 0.412 e. The Hall–Kier alpha value is -3.93. The summed E-state index contributed by atoms with van der Waals surface area (Å²) in [5.41, 5.74) is 7.18. The third kappa shape index (κ3) is 4.54. The van der Waals surface area contributed by atoms with Crippen LogP contribution in [0.1, 0.15) is 22.4 Å². The molecule has 32 heavy (non-hydrogen) atoms. The summed E-state index contributed by atoms with van der Waals surface area (Å²) < 4.78 is 10.8. The van der Waals surface area contributed by atoms with E-state index in [0.717, 1.165) is 44.5 Å². The molecule has 6 nitrogen and oxygen atoms in total. The first-order valence-electron chi connectivity index (χ1n) is 10.3. The summed E-state index contributed by atoms with van der Waals surface area (Å²) in [5, 5.41) is 3.89. The van der Waals surface area contributed by atoms with E-state index in [9.17, 15) is 4.79 Å². The topological polar surface area (TPSA) is 73.3 Å². The van der Waals surface area contributed by atoms with E-state index in [1.165, 1.54) is 0 Å². The smallest absolute Gasteiger partial charge is 0.412 e. The molecule has 0 atom stereocenters. The maximum absolute atomic E-state index is 12.5. The molecule has 162 valence electrons. The number of carbonyl (C=O) groups excluding carboxylic acids is 1. The summed E-state index contributed by atoms with van der Waals surface area (Å²) in [5.74, 6) is 0.757. The second-order valence-corrected chi connectivity index (χ2v) is 7.75. The standard InChI is InChI=1S/C26H25N3O3/c1-16-10-21(19-7-8-23-20(12-19)6-5-9-27-23)13-22(11-16)29-26(30)32-15-24-18(3)25(31-4)17(2)14-28-24/h5-14H,15H2,1-4H3,(H,29,30). The van der Waals surface area contributed by atoms with Gasteiger partial charge in [0.05, 0.1) is 18.3 Å². The number of amides is 1. The van der Waals surface area contributed by atoms with Crippen molar-refractivity contribution in [2.24, 2.45) is 0 Å². The molecule has 1 N–H and O–H groups in total. The van der Waals surface area contributed by atoms with Crippen molar-refractivity contribution in [2.75, 3.05) is 12.4 Å². The number of methoxy groups -OCH3 is 1. The van der Waals surface area contributed by atoms with E-state index < -0.39 is 6.09 Å². The lowest BCUT2D eigenvalue weighted by Gasteiger charge is -2.13. The van der Waals surface area contributed by atoms with Crippen LogP contribution in [0.2, 0.25) is 0 Å². The van der Waals surface area contributed by atoms with Crippen LogP contribution in [0.25, 0.3) is 22.0 Å². The first kappa shape index (κ1) is 21.3. The highest BCUT2D eigenvalue weighted by molar-refractivity contribution is 5.88. The number of nitrogens with one attached hydrogen (secondary N) is 1. The molecule has 0 fully saturated rings. The lowest BCUT2D eigenvalue weighted by atomic mass is 10.0. The molecule has 6 heteroatoms. The van der Waals surface area contributed by atoms with E-state index >= 15 is 0 Å². The van der Waals surface area contributed by atoms with Crippen LogP contribution < -0.4 is 10.1 Å². The van der Waals surface area contributed by atoms with Crippen molar-refractivity contribution in [2.45, 2.75) is 27.4 Å². The first-order chi connectivity index (χ1) is 15.4. The van der Waals surface area contributed by atoms with Crippen molar-refractivity contribution < 1.29 is 14.3 Å². The van der Waals surface area contributed by atoms with E-state index in [4.69, 9.17) is 9.47 Å². The fraction of sp³-hybridized carbons (Fsp3) is 0.192. The number of aromatic nitrogens is 2. The predicted octanol–water partition coefficient (Wildman–Crippen LogP) is 5.98. The molecule has 0 saturated heterocycles. The number of hydrogen-bond donors (Lipinski definition) is 1. The van der Waals surface area contributed by atoms with E-state index in [2.05, 4.69) is 27.4 Å². The quantitative estimate of drug-likeness (QED) is 0.424. The molecular weight excluding hydrogens is 402 g/mol. The van der Waals surface area contributed by atoms with Gasteiger partial charge < -0.3 is 9.47 Å². The molecule has 0 spiro atoms. The van der Waals surface area contributed by atoms with Gasteiger partial charge in [0.25, 0.3) is 0 Å². The summed E-state index contributed by atoms with van der Waals surface area (Å²) in [6.45, 7) is 5.89. The van der Waals surface area contributed by atoms with Crippen LogP contribution >= 0.6 is 0 Å². The van der Waals surface area contributed by atoms with Crippen LogP contribution in [-0.4, -0.2) is 23.2 Å². The van der Waals surface area contributed by atoms with Crippen molar-refractivity contribution in [3.63, 3.8) is 0 Å². The minimum atomic E-state index is -0.537. The molecule has 0 aliphatic carbocycles. The van der Waals surface area contributed by atoms with E-state index in [1.54, 1.807) is 19.5 Å². The Kier molecular flexibility index (Phi) is 6.03. The highest BCUT2D eigenvalue weighted by atomic mass is 16.5. The molecule has 4 aromatic rings. The second kappa shape index (κ2) is 9.06. The number of carbonyl (C=O) groups is 1. The van der Waals surface area contributed by atoms with Gasteiger partial charge in [0, 0.05) is 34.6 Å². The Morgan fingerprint density at radius 3 is 2.66 bits per heavy atom.